The van der Waals surface area contributed by atoms with E-state index in [0.717, 1.165) is 20.6 Å². The van der Waals surface area contributed by atoms with Crippen LogP contribution in [-0.4, -0.2) is 14.4 Å². The van der Waals surface area contributed by atoms with Crippen molar-refractivity contribution in [2.24, 2.45) is 5.73 Å². The van der Waals surface area contributed by atoms with Gasteiger partial charge in [-0.05, 0) is 12.1 Å². The summed E-state index contributed by atoms with van der Waals surface area (Å²) in [6, 6.07) is 3.94. The van der Waals surface area contributed by atoms with Crippen LogP contribution in [0.4, 0.5) is 0 Å². The van der Waals surface area contributed by atoms with Crippen LogP contribution < -0.4 is 5.73 Å². The van der Waals surface area contributed by atoms with Crippen LogP contribution in [0, 0.1) is 0 Å². The van der Waals surface area contributed by atoms with Crippen LogP contribution >= 0.6 is 23.1 Å². The van der Waals surface area contributed by atoms with Crippen LogP contribution in [0.2, 0.25) is 0 Å². The Bertz CT molecular complexity index is 629. The van der Waals surface area contributed by atoms with E-state index in [1.54, 1.807) is 35.5 Å². The molecule has 6 heteroatoms. The highest BCUT2D eigenvalue weighted by Gasteiger charge is 2.12. The van der Waals surface area contributed by atoms with Crippen LogP contribution in [0.25, 0.3) is 4.96 Å². The lowest BCUT2D eigenvalue weighted by Crippen LogP contribution is -2.00. The third kappa shape index (κ3) is 1.95. The Morgan fingerprint density at radius 1 is 1.35 bits per heavy atom. The van der Waals surface area contributed by atoms with Crippen LogP contribution in [0.15, 0.2) is 46.0 Å². The Hall–Kier alpha value is -1.37. The summed E-state index contributed by atoms with van der Waals surface area (Å²) in [5.74, 6) is 0. The maximum atomic E-state index is 5.79. The Labute approximate surface area is 107 Å². The predicted molar refractivity (Wildman–Crippen MR) is 69.3 cm³/mol. The third-order valence-corrected chi connectivity index (χ3v) is 4.17. The molecule has 0 amide bonds. The molecule has 0 bridgehead atoms. The highest BCUT2D eigenvalue weighted by Crippen LogP contribution is 2.31. The summed E-state index contributed by atoms with van der Waals surface area (Å²) in [6.45, 7) is 0.491. The van der Waals surface area contributed by atoms with Gasteiger partial charge in [0.25, 0.3) is 0 Å². The summed E-state index contributed by atoms with van der Waals surface area (Å²) in [5.41, 5.74) is 6.85. The summed E-state index contributed by atoms with van der Waals surface area (Å²) in [6.07, 6.45) is 5.57. The first kappa shape index (κ1) is 10.8. The maximum absolute atomic E-state index is 5.79. The SMILES string of the molecule is NCc1c(Sc2ccncc2)nc2sccn12. The molecular weight excluding hydrogens is 252 g/mol. The summed E-state index contributed by atoms with van der Waals surface area (Å²) in [4.78, 5) is 10.7. The van der Waals surface area contributed by atoms with Crippen molar-refractivity contribution in [3.05, 3.63) is 41.8 Å². The Morgan fingerprint density at radius 2 is 2.18 bits per heavy atom. The van der Waals surface area contributed by atoms with Gasteiger partial charge in [0.05, 0.1) is 5.69 Å². The van der Waals surface area contributed by atoms with E-state index in [1.165, 1.54) is 0 Å². The zero-order chi connectivity index (χ0) is 11.7. The number of hydrogen-bond donors (Lipinski definition) is 1. The molecule has 86 valence electrons. The second-order valence-electron chi connectivity index (χ2n) is 3.41. The average Bonchev–Trinajstić information content (AvgIpc) is 2.90. The number of rotatable bonds is 3. The van der Waals surface area contributed by atoms with Crippen molar-refractivity contribution in [1.82, 2.24) is 14.4 Å². The summed E-state index contributed by atoms with van der Waals surface area (Å²) < 4.78 is 2.05. The van der Waals surface area contributed by atoms with Gasteiger partial charge in [0, 0.05) is 35.4 Å². The van der Waals surface area contributed by atoms with E-state index in [1.807, 2.05) is 28.1 Å². The van der Waals surface area contributed by atoms with Crippen molar-refractivity contribution < 1.29 is 0 Å². The van der Waals surface area contributed by atoms with E-state index < -0.39 is 0 Å². The van der Waals surface area contributed by atoms with E-state index in [9.17, 15) is 0 Å². The number of pyridine rings is 1. The van der Waals surface area contributed by atoms with Gasteiger partial charge in [0.2, 0.25) is 0 Å². The van der Waals surface area contributed by atoms with Crippen LogP contribution in [0.3, 0.4) is 0 Å². The Balaban J connectivity index is 2.02. The number of aromatic nitrogens is 3. The molecule has 0 saturated heterocycles. The van der Waals surface area contributed by atoms with Gasteiger partial charge in [-0.1, -0.05) is 11.8 Å². The largest absolute Gasteiger partial charge is 0.325 e. The molecule has 3 aromatic heterocycles. The van der Waals surface area contributed by atoms with Crippen molar-refractivity contribution in [2.75, 3.05) is 0 Å². The average molecular weight is 262 g/mol. The van der Waals surface area contributed by atoms with Gasteiger partial charge in [-0.2, -0.15) is 0 Å². The minimum absolute atomic E-state index is 0.491. The zero-order valence-corrected chi connectivity index (χ0v) is 10.5. The molecule has 0 saturated carbocycles. The number of fused-ring (bicyclic) bond motifs is 1. The molecule has 0 spiro atoms. The molecule has 0 radical (unpaired) electrons. The van der Waals surface area contributed by atoms with E-state index in [2.05, 4.69) is 9.97 Å². The van der Waals surface area contributed by atoms with Gasteiger partial charge in [-0.15, -0.1) is 11.3 Å². The molecule has 0 atom stereocenters. The van der Waals surface area contributed by atoms with Gasteiger partial charge in [-0.3, -0.25) is 9.38 Å². The van der Waals surface area contributed by atoms with Gasteiger partial charge in [0.1, 0.15) is 5.03 Å². The van der Waals surface area contributed by atoms with Crippen molar-refractivity contribution in [1.29, 1.82) is 0 Å². The first-order valence-corrected chi connectivity index (χ1v) is 6.80. The molecule has 0 fully saturated rings. The van der Waals surface area contributed by atoms with Gasteiger partial charge >= 0.3 is 0 Å². The van der Waals surface area contributed by atoms with Crippen molar-refractivity contribution in [3.8, 4) is 0 Å². The Morgan fingerprint density at radius 3 is 2.94 bits per heavy atom. The summed E-state index contributed by atoms with van der Waals surface area (Å²) in [7, 11) is 0. The van der Waals surface area contributed by atoms with Crippen LogP contribution in [0.1, 0.15) is 5.69 Å². The normalized spacial score (nSPS) is 11.1. The number of nitrogens with two attached hydrogens (primary N) is 1. The fraction of sp³-hybridized carbons (Fsp3) is 0.0909. The van der Waals surface area contributed by atoms with Crippen molar-refractivity contribution in [3.63, 3.8) is 0 Å². The van der Waals surface area contributed by atoms with E-state index in [4.69, 9.17) is 5.73 Å². The first-order chi connectivity index (χ1) is 8.38. The summed E-state index contributed by atoms with van der Waals surface area (Å²) >= 11 is 3.24. The Kier molecular flexibility index (Phi) is 2.84. The van der Waals surface area contributed by atoms with E-state index in [0.29, 0.717) is 6.54 Å². The van der Waals surface area contributed by atoms with Gasteiger partial charge < -0.3 is 5.73 Å². The standard InChI is InChI=1S/C11H10N4S2/c12-7-9-10(14-11-15(9)5-6-16-11)17-8-1-3-13-4-2-8/h1-6H,7,12H2. The zero-order valence-electron chi connectivity index (χ0n) is 8.91. The number of nitrogens with zero attached hydrogens (tertiary/aromatic N) is 3. The molecule has 0 unspecified atom stereocenters. The lowest BCUT2D eigenvalue weighted by atomic mass is 10.5. The first-order valence-electron chi connectivity index (χ1n) is 5.11. The van der Waals surface area contributed by atoms with Gasteiger partial charge in [0.15, 0.2) is 4.96 Å². The lowest BCUT2D eigenvalue weighted by molar-refractivity contribution is 0.924. The molecule has 3 rings (SSSR count). The fourth-order valence-corrected chi connectivity index (χ4v) is 3.30. The number of hydrogen-bond acceptors (Lipinski definition) is 5. The summed E-state index contributed by atoms with van der Waals surface area (Å²) in [5, 5.41) is 2.99. The lowest BCUT2D eigenvalue weighted by Gasteiger charge is -2.00. The number of imidazole rings is 1. The van der Waals surface area contributed by atoms with E-state index >= 15 is 0 Å². The molecule has 3 aromatic rings. The number of thiazole rings is 1. The second kappa shape index (κ2) is 4.48. The maximum Gasteiger partial charge on any atom is 0.194 e. The topological polar surface area (TPSA) is 56.2 Å². The molecule has 0 aliphatic rings. The minimum Gasteiger partial charge on any atom is -0.325 e. The molecule has 0 aliphatic heterocycles. The minimum atomic E-state index is 0.491. The third-order valence-electron chi connectivity index (χ3n) is 2.38. The van der Waals surface area contributed by atoms with Gasteiger partial charge in [-0.25, -0.2) is 4.98 Å². The smallest absolute Gasteiger partial charge is 0.194 e. The predicted octanol–water partition coefficient (Wildman–Crippen LogP) is 2.40. The molecule has 4 nitrogen and oxygen atoms in total. The fourth-order valence-electron chi connectivity index (χ4n) is 1.60. The second-order valence-corrected chi connectivity index (χ2v) is 5.34. The van der Waals surface area contributed by atoms with Crippen molar-refractivity contribution >= 4 is 28.1 Å². The molecule has 0 aliphatic carbocycles. The highest BCUT2D eigenvalue weighted by molar-refractivity contribution is 7.99. The molecule has 3 heterocycles. The molecular formula is C11H10N4S2. The van der Waals surface area contributed by atoms with E-state index in [-0.39, 0.29) is 0 Å². The molecule has 17 heavy (non-hydrogen) atoms. The molecule has 0 aromatic carbocycles. The van der Waals surface area contributed by atoms with Crippen LogP contribution in [0.5, 0.6) is 0 Å². The molecule has 2 N–H and O–H groups in total. The highest BCUT2D eigenvalue weighted by atomic mass is 32.2. The monoisotopic (exact) mass is 262 g/mol. The van der Waals surface area contributed by atoms with Crippen LogP contribution in [-0.2, 0) is 6.54 Å². The quantitative estimate of drug-likeness (QED) is 0.787. The van der Waals surface area contributed by atoms with Crippen molar-refractivity contribution in [2.45, 2.75) is 16.5 Å².